The van der Waals surface area contributed by atoms with Crippen LogP contribution in [-0.4, -0.2) is 38.6 Å². The van der Waals surface area contributed by atoms with E-state index >= 15 is 0 Å². The second kappa shape index (κ2) is 33.4. The van der Waals surface area contributed by atoms with E-state index in [-0.39, 0.29) is 0 Å². The first-order chi connectivity index (χ1) is 73.5. The van der Waals surface area contributed by atoms with Gasteiger partial charge in [-0.25, -0.2) is 24.9 Å². The highest BCUT2D eigenvalue weighted by atomic mass is 32.1. The van der Waals surface area contributed by atoms with Crippen molar-refractivity contribution >= 4 is 173 Å². The molecule has 8 nitrogen and oxygen atoms in total. The maximum Gasteiger partial charge on any atom is 0.235 e. The number of para-hydroxylation sites is 1. The normalized spacial score (nSPS) is 12.1. The molecule has 3 aliphatic rings. The van der Waals surface area contributed by atoms with Crippen molar-refractivity contribution < 1.29 is 0 Å². The fraction of sp³-hybridized carbons (Fsp3) is 0. The average molecular weight is 1930 g/mol. The summed E-state index contributed by atoms with van der Waals surface area (Å²) in [5.74, 6) is 2.61. The molecule has 0 saturated carbocycles. The molecular formula is C137H80N8S3. The van der Waals surface area contributed by atoms with Gasteiger partial charge in [0.15, 0.2) is 17.5 Å². The molecule has 0 bridgehead atoms. The van der Waals surface area contributed by atoms with Crippen molar-refractivity contribution in [1.82, 2.24) is 38.6 Å². The van der Waals surface area contributed by atoms with Crippen molar-refractivity contribution in [2.45, 2.75) is 0 Å². The number of aromatic nitrogens is 8. The summed E-state index contributed by atoms with van der Waals surface area (Å²) in [6, 6.07) is 175. The molecule has 0 saturated heterocycles. The molecule has 0 atom stereocenters. The minimum Gasteiger partial charge on any atom is -0.309 e. The number of rotatable bonds is 11. The van der Waals surface area contributed by atoms with Crippen molar-refractivity contribution in [3.05, 3.63) is 485 Å². The average Bonchev–Trinajstić information content (AvgIpc) is 1.53. The Kier molecular flexibility index (Phi) is 18.9. The Hall–Kier alpha value is -18.8. The Bertz CT molecular complexity index is 10700. The molecule has 3 aliphatic carbocycles. The molecule has 0 amide bonds. The molecule has 0 unspecified atom stereocenters. The van der Waals surface area contributed by atoms with E-state index < -0.39 is 0 Å². The van der Waals surface area contributed by atoms with Gasteiger partial charge >= 0.3 is 0 Å². The lowest BCUT2D eigenvalue weighted by atomic mass is 9.92. The van der Waals surface area contributed by atoms with Gasteiger partial charge in [-0.05, 0) is 179 Å². The molecule has 0 fully saturated rings. The van der Waals surface area contributed by atoms with E-state index in [1.54, 1.807) is 0 Å². The van der Waals surface area contributed by atoms with Crippen LogP contribution in [0.3, 0.4) is 0 Å². The molecular weight excluding hydrogens is 1850 g/mol. The Labute approximate surface area is 861 Å². The van der Waals surface area contributed by atoms with Crippen molar-refractivity contribution in [3.63, 3.8) is 0 Å². The Morgan fingerprint density at radius 2 is 0.473 bits per heavy atom. The van der Waals surface area contributed by atoms with E-state index in [9.17, 15) is 0 Å². The number of hydrogen-bond donors (Lipinski definition) is 0. The molecule has 0 radical (unpaired) electrons. The van der Waals surface area contributed by atoms with Gasteiger partial charge in [-0.15, -0.1) is 34.0 Å². The number of nitrogens with zero attached hydrogens (tertiary/aromatic N) is 8. The standard InChI is InChI=1S/C51H30N4S.C44H25N3S.C42H25NS/c1-4-15-31(16-5-1)48-44-39-26-13-12-25-38(39)40-30-34-21-10-11-24-37(34)47-43(40)45-41(27-28-42(56-48)46(44)45)55(47)36-23-14-22-35(29-36)51-53-49(32-17-6-2-7-18-32)52-50(54-51)33-19-8-3-9-20-33;1-3-13-26(14-4-1)41-32-21-11-12-22-34(32)45-44(46-41)47-35-23-24-36-40-38(43(48-36)27-15-5-2-6-16-27)31-20-10-9-19-30(31)33-25-28-17-7-8-18-29(28)42(47)37(33)39(35)40;1-3-12-26(13-4-1)28-17-11-18-30(24-28)43-35-22-23-36-40-38(42(44-36)27-14-5-2-6-15-27)33-21-10-9-20-32(33)34-25-29-16-7-8-19-31(29)41(43)37(34)39(35)40/h1-30H;1-25H;1-25H. The van der Waals surface area contributed by atoms with Crippen LogP contribution in [0.1, 0.15) is 0 Å². The van der Waals surface area contributed by atoms with Crippen LogP contribution in [0.5, 0.6) is 0 Å². The van der Waals surface area contributed by atoms with Crippen LogP contribution in [0.15, 0.2) is 485 Å². The Morgan fingerprint density at radius 1 is 0.176 bits per heavy atom. The lowest BCUT2D eigenvalue weighted by Crippen LogP contribution is -2.04. The van der Waals surface area contributed by atoms with Crippen LogP contribution in [0.4, 0.5) is 0 Å². The third-order valence-corrected chi connectivity index (χ3v) is 34.0. The van der Waals surface area contributed by atoms with Gasteiger partial charge in [0.25, 0.3) is 0 Å². The fourth-order valence-electron chi connectivity index (χ4n) is 24.2. The third-order valence-electron chi connectivity index (χ3n) is 30.4. The van der Waals surface area contributed by atoms with E-state index in [0.29, 0.717) is 23.4 Å². The summed E-state index contributed by atoms with van der Waals surface area (Å²) in [7, 11) is 0. The minimum absolute atomic E-state index is 0.635. The zero-order valence-corrected chi connectivity index (χ0v) is 81.9. The van der Waals surface area contributed by atoms with Gasteiger partial charge in [0.05, 0.1) is 44.3 Å². The molecule has 686 valence electrons. The molecule has 0 aliphatic heterocycles. The first-order valence-corrected chi connectivity index (χ1v) is 52.7. The molecule has 11 heteroatoms. The SMILES string of the molecule is c1ccc(-c2cccc(-n3c4ccc5sc(-c6ccccc6)c6c5c4c4c(cc5ccccc5c43)-c3ccccc3-6)c2)cc1.c1ccc(-c2nc(-c3ccccc3)nc(-c3cccc(-n4c5ccc6sc(-c7ccccc7)c7c6c5c5c(cc6ccccc6c54)-c4ccccc4-7)c3)n2)cc1.c1ccc(-c2sc3ccc4c5c3c2-c2ccccc2-c2cc3ccccc3c(c25)n4-c2nc(-c3ccccc3)c3ccccc3n2)cc1. The Balaban J connectivity index is 0.000000101. The fourth-order valence-corrected chi connectivity index (χ4v) is 27.8. The summed E-state index contributed by atoms with van der Waals surface area (Å²) in [5.41, 5.74) is 36.9. The highest BCUT2D eigenvalue weighted by Gasteiger charge is 2.36. The van der Waals surface area contributed by atoms with Gasteiger partial charge < -0.3 is 9.13 Å². The summed E-state index contributed by atoms with van der Waals surface area (Å²) in [4.78, 5) is 29.8. The van der Waals surface area contributed by atoms with Crippen LogP contribution in [0.25, 0.3) is 311 Å². The smallest absolute Gasteiger partial charge is 0.235 e. The number of thiophene rings is 3. The van der Waals surface area contributed by atoms with E-state index in [4.69, 9.17) is 24.9 Å². The summed E-state index contributed by atoms with van der Waals surface area (Å²) in [6.07, 6.45) is 0. The minimum atomic E-state index is 0.635. The topological polar surface area (TPSA) is 79.2 Å². The third kappa shape index (κ3) is 12.9. The van der Waals surface area contributed by atoms with Gasteiger partial charge in [-0.2, -0.15) is 0 Å². The summed E-state index contributed by atoms with van der Waals surface area (Å²) >= 11 is 5.70. The maximum atomic E-state index is 5.42. The van der Waals surface area contributed by atoms with E-state index in [2.05, 4.69) is 463 Å². The summed E-state index contributed by atoms with van der Waals surface area (Å²) in [6.45, 7) is 0. The van der Waals surface area contributed by atoms with Crippen molar-refractivity contribution in [2.24, 2.45) is 0 Å². The first-order valence-electron chi connectivity index (χ1n) is 50.2. The largest absolute Gasteiger partial charge is 0.309 e. The molecule has 22 aromatic carbocycles. The number of hydrogen-bond acceptors (Lipinski definition) is 8. The molecule has 0 N–H and O–H groups in total. The zero-order chi connectivity index (χ0) is 96.9. The predicted octanol–water partition coefficient (Wildman–Crippen LogP) is 37.9. The molecule has 33 rings (SSSR count). The molecule has 8 heterocycles. The van der Waals surface area contributed by atoms with Crippen LogP contribution >= 0.6 is 34.0 Å². The summed E-state index contributed by atoms with van der Waals surface area (Å²) < 4.78 is 11.3. The molecule has 8 aromatic heterocycles. The predicted molar refractivity (Wildman–Crippen MR) is 624 cm³/mol. The lowest BCUT2D eigenvalue weighted by molar-refractivity contribution is 1.02. The van der Waals surface area contributed by atoms with Crippen LogP contribution in [-0.2, 0) is 0 Å². The van der Waals surface area contributed by atoms with Crippen LogP contribution in [0, 0.1) is 0 Å². The Morgan fingerprint density at radius 3 is 0.872 bits per heavy atom. The molecule has 148 heavy (non-hydrogen) atoms. The monoisotopic (exact) mass is 1930 g/mol. The van der Waals surface area contributed by atoms with Gasteiger partial charge in [0, 0.05) is 149 Å². The van der Waals surface area contributed by atoms with Gasteiger partial charge in [0.2, 0.25) is 5.95 Å². The van der Waals surface area contributed by atoms with Crippen molar-refractivity contribution in [2.75, 3.05) is 0 Å². The highest BCUT2D eigenvalue weighted by molar-refractivity contribution is 7.24. The van der Waals surface area contributed by atoms with Crippen molar-refractivity contribution in [1.29, 1.82) is 0 Å². The van der Waals surface area contributed by atoms with Gasteiger partial charge in [-0.3, -0.25) is 4.57 Å². The maximum absolute atomic E-state index is 5.42. The number of fused-ring (bicyclic) bond motifs is 16. The highest BCUT2D eigenvalue weighted by Crippen LogP contribution is 2.62. The van der Waals surface area contributed by atoms with E-state index in [1.807, 2.05) is 70.4 Å². The first kappa shape index (κ1) is 83.8. The van der Waals surface area contributed by atoms with E-state index in [1.165, 1.54) is 232 Å². The lowest BCUT2D eigenvalue weighted by Gasteiger charge is -2.15. The molecule has 0 spiro atoms. The van der Waals surface area contributed by atoms with Gasteiger partial charge in [-0.1, -0.05) is 400 Å². The second-order valence-electron chi connectivity index (χ2n) is 38.5. The van der Waals surface area contributed by atoms with E-state index in [0.717, 1.165) is 55.6 Å². The van der Waals surface area contributed by atoms with Crippen LogP contribution < -0.4 is 0 Å². The molecule has 30 aromatic rings. The van der Waals surface area contributed by atoms with Crippen LogP contribution in [0.2, 0.25) is 0 Å². The van der Waals surface area contributed by atoms with Crippen molar-refractivity contribution in [3.8, 4) is 172 Å². The second-order valence-corrected chi connectivity index (χ2v) is 41.7. The zero-order valence-electron chi connectivity index (χ0n) is 79.5. The number of benzene rings is 22. The quantitative estimate of drug-likeness (QED) is 0.129. The summed E-state index contributed by atoms with van der Waals surface area (Å²) in [5, 5.41) is 20.2. The van der Waals surface area contributed by atoms with Gasteiger partial charge in [0.1, 0.15) is 0 Å².